The van der Waals surface area contributed by atoms with Crippen LogP contribution in [0.3, 0.4) is 0 Å². The second-order valence-corrected chi connectivity index (χ2v) is 6.11. The van der Waals surface area contributed by atoms with Crippen molar-refractivity contribution in [2.75, 3.05) is 13.2 Å². The first-order chi connectivity index (χ1) is 9.55. The minimum absolute atomic E-state index is 0.203. The molecule has 1 aliphatic rings. The van der Waals surface area contributed by atoms with Gasteiger partial charge in [-0.2, -0.15) is 4.37 Å². The van der Waals surface area contributed by atoms with Crippen molar-refractivity contribution in [3.8, 4) is 5.88 Å². The van der Waals surface area contributed by atoms with Crippen LogP contribution in [0.4, 0.5) is 0 Å². The van der Waals surface area contributed by atoms with Crippen molar-refractivity contribution in [2.45, 2.75) is 39.5 Å². The third kappa shape index (κ3) is 3.36. The predicted molar refractivity (Wildman–Crippen MR) is 74.9 cm³/mol. The fourth-order valence-corrected chi connectivity index (χ4v) is 2.82. The minimum Gasteiger partial charge on any atom is -0.476 e. The Kier molecular flexibility index (Phi) is 4.75. The fraction of sp³-hybridized carbons (Fsp3) is 0.643. The Balaban J connectivity index is 2.06. The fourth-order valence-electron chi connectivity index (χ4n) is 2.32. The molecule has 0 radical (unpaired) electrons. The second-order valence-electron chi connectivity index (χ2n) is 5.10. The highest BCUT2D eigenvalue weighted by Crippen LogP contribution is 2.37. The zero-order chi connectivity index (χ0) is 14.6. The van der Waals surface area contributed by atoms with Crippen molar-refractivity contribution in [1.82, 2.24) is 4.37 Å². The first kappa shape index (κ1) is 15.0. The summed E-state index contributed by atoms with van der Waals surface area (Å²) in [7, 11) is 0. The van der Waals surface area contributed by atoms with Crippen LogP contribution in [-0.4, -0.2) is 29.3 Å². The Labute approximate surface area is 122 Å². The zero-order valence-electron chi connectivity index (χ0n) is 11.8. The summed E-state index contributed by atoms with van der Waals surface area (Å²) in [5.74, 6) is 0.474. The second kappa shape index (κ2) is 6.35. The molecule has 1 fully saturated rings. The van der Waals surface area contributed by atoms with Crippen molar-refractivity contribution in [3.05, 3.63) is 10.9 Å². The Bertz CT molecular complexity index is 487. The summed E-state index contributed by atoms with van der Waals surface area (Å²) < 4.78 is 15.0. The van der Waals surface area contributed by atoms with Gasteiger partial charge in [0.05, 0.1) is 6.61 Å². The molecule has 0 N–H and O–H groups in total. The molecule has 1 saturated carbocycles. The van der Waals surface area contributed by atoms with Gasteiger partial charge >= 0.3 is 5.97 Å². The lowest BCUT2D eigenvalue weighted by Crippen LogP contribution is -2.42. The molecule has 2 rings (SSSR count). The summed E-state index contributed by atoms with van der Waals surface area (Å²) >= 11 is 1.36. The van der Waals surface area contributed by atoms with Crippen molar-refractivity contribution in [2.24, 2.45) is 5.41 Å². The number of aromatic nitrogens is 1. The molecule has 20 heavy (non-hydrogen) atoms. The van der Waals surface area contributed by atoms with E-state index in [9.17, 15) is 9.59 Å². The maximum Gasteiger partial charge on any atom is 0.315 e. The van der Waals surface area contributed by atoms with Crippen LogP contribution in [0.2, 0.25) is 0 Å². The number of ketones is 1. The summed E-state index contributed by atoms with van der Waals surface area (Å²) in [6.07, 6.45) is 1.82. The van der Waals surface area contributed by atoms with Crippen molar-refractivity contribution in [1.29, 1.82) is 0 Å². The largest absolute Gasteiger partial charge is 0.476 e. The lowest BCUT2D eigenvalue weighted by molar-refractivity contribution is -0.160. The molecule has 0 bridgehead atoms. The molecular formula is C14H19NO4S. The summed E-state index contributed by atoms with van der Waals surface area (Å²) in [5, 5.41) is 0. The standard InChI is InChI=1S/C14H19NO4S/c1-3-18-13(17)14(6-4-11(16)5-7-14)9-19-12-8-10(2)20-15-12/h8H,3-7,9H2,1-2H3. The molecule has 0 saturated heterocycles. The number of aryl methyl sites for hydroxylation is 1. The average Bonchev–Trinajstić information content (AvgIpc) is 2.85. The van der Waals surface area contributed by atoms with E-state index in [2.05, 4.69) is 4.37 Å². The van der Waals surface area contributed by atoms with E-state index in [0.717, 1.165) is 4.88 Å². The van der Waals surface area contributed by atoms with Gasteiger partial charge in [-0.1, -0.05) is 0 Å². The number of carbonyl (C=O) groups excluding carboxylic acids is 2. The molecule has 1 aromatic heterocycles. The summed E-state index contributed by atoms with van der Waals surface area (Å²) in [6.45, 7) is 4.29. The van der Waals surface area contributed by atoms with Gasteiger partial charge < -0.3 is 9.47 Å². The minimum atomic E-state index is -0.707. The Morgan fingerprint density at radius 3 is 2.70 bits per heavy atom. The summed E-state index contributed by atoms with van der Waals surface area (Å²) in [4.78, 5) is 24.7. The molecule has 5 nitrogen and oxygen atoms in total. The first-order valence-electron chi connectivity index (χ1n) is 6.81. The van der Waals surface area contributed by atoms with Gasteiger partial charge in [-0.25, -0.2) is 0 Å². The molecule has 0 amide bonds. The molecule has 1 aliphatic carbocycles. The number of ether oxygens (including phenoxy) is 2. The summed E-state index contributed by atoms with van der Waals surface area (Å²) in [5.41, 5.74) is -0.707. The topological polar surface area (TPSA) is 65.5 Å². The molecule has 1 heterocycles. The Morgan fingerprint density at radius 1 is 1.45 bits per heavy atom. The first-order valence-corrected chi connectivity index (χ1v) is 7.58. The smallest absolute Gasteiger partial charge is 0.315 e. The molecule has 0 atom stereocenters. The molecule has 0 unspecified atom stereocenters. The van der Waals surface area contributed by atoms with E-state index in [1.807, 2.05) is 13.0 Å². The van der Waals surface area contributed by atoms with Gasteiger partial charge in [-0.3, -0.25) is 9.59 Å². The van der Waals surface area contributed by atoms with Gasteiger partial charge in [-0.05, 0) is 38.2 Å². The highest BCUT2D eigenvalue weighted by Gasteiger charge is 2.44. The van der Waals surface area contributed by atoms with Gasteiger partial charge in [0, 0.05) is 23.8 Å². The Hall–Kier alpha value is -1.43. The number of hydrogen-bond acceptors (Lipinski definition) is 6. The molecule has 0 aromatic carbocycles. The van der Waals surface area contributed by atoms with E-state index in [4.69, 9.17) is 9.47 Å². The van der Waals surface area contributed by atoms with Crippen LogP contribution in [0.5, 0.6) is 5.88 Å². The SMILES string of the molecule is CCOC(=O)C1(COc2cc(C)sn2)CCC(=O)CC1. The maximum absolute atomic E-state index is 12.2. The van der Waals surface area contributed by atoms with Crippen LogP contribution in [0, 0.1) is 12.3 Å². The molecule has 1 aromatic rings. The number of hydrogen-bond donors (Lipinski definition) is 0. The third-order valence-corrected chi connectivity index (χ3v) is 4.25. The van der Waals surface area contributed by atoms with Gasteiger partial charge in [0.2, 0.25) is 5.88 Å². The molecule has 110 valence electrons. The quantitative estimate of drug-likeness (QED) is 0.781. The number of rotatable bonds is 5. The highest BCUT2D eigenvalue weighted by molar-refractivity contribution is 7.05. The van der Waals surface area contributed by atoms with E-state index >= 15 is 0 Å². The van der Waals surface area contributed by atoms with Gasteiger partial charge in [0.15, 0.2) is 0 Å². The average molecular weight is 297 g/mol. The van der Waals surface area contributed by atoms with Crippen LogP contribution < -0.4 is 4.74 Å². The van der Waals surface area contributed by atoms with Crippen molar-refractivity contribution < 1.29 is 19.1 Å². The van der Waals surface area contributed by atoms with E-state index in [1.54, 1.807) is 6.92 Å². The van der Waals surface area contributed by atoms with Gasteiger partial charge in [-0.15, -0.1) is 0 Å². The van der Waals surface area contributed by atoms with Gasteiger partial charge in [0.25, 0.3) is 0 Å². The van der Waals surface area contributed by atoms with Crippen LogP contribution in [-0.2, 0) is 14.3 Å². The Morgan fingerprint density at radius 2 is 2.15 bits per heavy atom. The molecule has 0 spiro atoms. The zero-order valence-corrected chi connectivity index (χ0v) is 12.6. The lowest BCUT2D eigenvalue weighted by atomic mass is 9.74. The molecular weight excluding hydrogens is 278 g/mol. The van der Waals surface area contributed by atoms with E-state index < -0.39 is 5.41 Å². The van der Waals surface area contributed by atoms with E-state index in [1.165, 1.54) is 11.5 Å². The maximum atomic E-state index is 12.2. The van der Waals surface area contributed by atoms with Gasteiger partial charge in [0.1, 0.15) is 17.8 Å². The van der Waals surface area contributed by atoms with Crippen molar-refractivity contribution in [3.63, 3.8) is 0 Å². The summed E-state index contributed by atoms with van der Waals surface area (Å²) in [6, 6.07) is 1.84. The van der Waals surface area contributed by atoms with E-state index in [0.29, 0.717) is 38.2 Å². The van der Waals surface area contributed by atoms with Crippen LogP contribution in [0.1, 0.15) is 37.5 Å². The number of Topliss-reactive ketones (excluding diaryl/α,β-unsaturated/α-hetero) is 1. The van der Waals surface area contributed by atoms with Crippen LogP contribution in [0.15, 0.2) is 6.07 Å². The van der Waals surface area contributed by atoms with Crippen LogP contribution >= 0.6 is 11.5 Å². The third-order valence-electron chi connectivity index (χ3n) is 3.58. The number of carbonyl (C=O) groups is 2. The highest BCUT2D eigenvalue weighted by atomic mass is 32.1. The monoisotopic (exact) mass is 297 g/mol. The number of esters is 1. The van der Waals surface area contributed by atoms with E-state index in [-0.39, 0.29) is 18.4 Å². The lowest BCUT2D eigenvalue weighted by Gasteiger charge is -2.33. The number of nitrogens with zero attached hydrogens (tertiary/aromatic N) is 1. The molecule has 6 heteroatoms. The predicted octanol–water partition coefficient (Wildman–Crippen LogP) is 2.52. The van der Waals surface area contributed by atoms with Crippen molar-refractivity contribution >= 4 is 23.3 Å². The normalized spacial score (nSPS) is 17.8. The van der Waals surface area contributed by atoms with Crippen LogP contribution in [0.25, 0.3) is 0 Å². The molecule has 0 aliphatic heterocycles.